The van der Waals surface area contributed by atoms with Gasteiger partial charge in [-0.3, -0.25) is 4.52 Å². The van der Waals surface area contributed by atoms with Gasteiger partial charge in [-0.1, -0.05) is 60.5 Å². The third-order valence-electron chi connectivity index (χ3n) is 3.29. The zero-order chi connectivity index (χ0) is 17.0. The van der Waals surface area contributed by atoms with E-state index >= 15 is 0 Å². The number of hydrogen-bond donors (Lipinski definition) is 0. The van der Waals surface area contributed by atoms with E-state index < -0.39 is 20.2 Å². The van der Waals surface area contributed by atoms with Crippen LogP contribution in [-0.4, -0.2) is 19.1 Å². The lowest BCUT2D eigenvalue weighted by atomic mass is 10.1. The van der Waals surface area contributed by atoms with Gasteiger partial charge in [0.2, 0.25) is 5.75 Å². The summed E-state index contributed by atoms with van der Waals surface area (Å²) < 4.78 is 14.1. The summed E-state index contributed by atoms with van der Waals surface area (Å²) >= 11 is 6.15. The van der Waals surface area contributed by atoms with Gasteiger partial charge in [0.05, 0.1) is 12.1 Å². The highest BCUT2D eigenvalue weighted by Crippen LogP contribution is 2.38. The maximum absolute atomic E-state index is 12.2. The number of benzene rings is 2. The van der Waals surface area contributed by atoms with E-state index in [4.69, 9.17) is 16.1 Å². The van der Waals surface area contributed by atoms with Crippen LogP contribution in [0.4, 0.5) is 0 Å². The van der Waals surface area contributed by atoms with Crippen LogP contribution in [0.5, 0.6) is 5.75 Å². The molecule has 0 aliphatic carbocycles. The summed E-state index contributed by atoms with van der Waals surface area (Å²) in [7, 11) is -1.20. The van der Waals surface area contributed by atoms with Gasteiger partial charge in [-0.15, -0.1) is 0 Å². The highest BCUT2D eigenvalue weighted by Gasteiger charge is 2.27. The molecular formula is C16H17ClNO4P. The monoisotopic (exact) mass is 353 g/mol. The van der Waals surface area contributed by atoms with Crippen molar-refractivity contribution in [1.29, 1.82) is 0 Å². The molecule has 1 unspecified atom stereocenters. The zero-order valence-corrected chi connectivity index (χ0v) is 14.7. The topological polar surface area (TPSA) is 71.0 Å². The van der Waals surface area contributed by atoms with Crippen LogP contribution in [0.1, 0.15) is 13.8 Å². The molecule has 7 heteroatoms. The normalized spacial score (nSPS) is 13.2. The van der Waals surface area contributed by atoms with Gasteiger partial charge in [-0.05, 0) is 17.4 Å². The first kappa shape index (κ1) is 17.7. The average Bonchev–Trinajstić information content (AvgIpc) is 2.54. The average molecular weight is 354 g/mol. The molecule has 0 spiro atoms. The molecule has 0 N–H and O–H groups in total. The van der Waals surface area contributed by atoms with Crippen LogP contribution in [0.15, 0.2) is 41.1 Å². The van der Waals surface area contributed by atoms with Crippen LogP contribution in [0, 0.1) is 5.92 Å². The van der Waals surface area contributed by atoms with Gasteiger partial charge in [0.25, 0.3) is 0 Å². The summed E-state index contributed by atoms with van der Waals surface area (Å²) in [5, 5.41) is 1.97. The van der Waals surface area contributed by atoms with Crippen molar-refractivity contribution in [2.45, 2.75) is 19.9 Å². The largest absolute Gasteiger partial charge is 0.575 e. The highest BCUT2D eigenvalue weighted by molar-refractivity contribution is 7.34. The Hall–Kier alpha value is -1.68. The fourth-order valence-electron chi connectivity index (χ4n) is 2.09. The lowest BCUT2D eigenvalue weighted by Crippen LogP contribution is -2.25. The molecule has 0 aromatic heterocycles. The van der Waals surface area contributed by atoms with E-state index in [1.807, 2.05) is 30.3 Å². The number of hydrogen-bond acceptors (Lipinski definition) is 5. The minimum absolute atomic E-state index is 0.159. The van der Waals surface area contributed by atoms with E-state index in [1.54, 1.807) is 19.9 Å². The van der Waals surface area contributed by atoms with E-state index in [0.717, 1.165) is 10.8 Å². The van der Waals surface area contributed by atoms with Crippen molar-refractivity contribution in [3.8, 4) is 5.75 Å². The fraction of sp³-hybridized carbons (Fsp3) is 0.312. The van der Waals surface area contributed by atoms with Crippen LogP contribution in [0.25, 0.3) is 10.8 Å². The van der Waals surface area contributed by atoms with Crippen molar-refractivity contribution < 1.29 is 18.9 Å². The van der Waals surface area contributed by atoms with Gasteiger partial charge >= 0.3 is 14.1 Å². The van der Waals surface area contributed by atoms with Crippen molar-refractivity contribution in [2.24, 2.45) is 10.7 Å². The van der Waals surface area contributed by atoms with E-state index in [9.17, 15) is 9.69 Å². The number of nitrogens with zero attached hydrogens (tertiary/aromatic N) is 1. The molecule has 0 amide bonds. The molecule has 5 nitrogen and oxygen atoms in total. The Balaban J connectivity index is 2.36. The van der Waals surface area contributed by atoms with E-state index in [2.05, 4.69) is 9.48 Å². The molecule has 2 aromatic rings. The first-order valence-corrected chi connectivity index (χ1v) is 8.56. The van der Waals surface area contributed by atoms with Gasteiger partial charge in [-0.2, -0.15) is 0 Å². The number of ether oxygens (including phenoxy) is 1. The minimum Gasteiger partial charge on any atom is -0.575 e. The standard InChI is InChI=1S/C16H17ClNO4P/c1-10(2)14(16(19)21-3)18-23(20)22-15-12-7-5-4-6-11(12)8-9-13(15)17/h4-10,14H,1-3H3/t14-/m0/s1. The highest BCUT2D eigenvalue weighted by atomic mass is 35.5. The predicted octanol–water partition coefficient (Wildman–Crippen LogP) is 3.93. The molecule has 0 heterocycles. The number of carbonyl (C=O) groups is 1. The summed E-state index contributed by atoms with van der Waals surface area (Å²) in [6, 6.07) is 10.1. The maximum Gasteiger partial charge on any atom is 0.395 e. The molecule has 0 aliphatic heterocycles. The summed E-state index contributed by atoms with van der Waals surface area (Å²) in [6.45, 7) is 3.58. The Morgan fingerprint density at radius 1 is 1.26 bits per heavy atom. The van der Waals surface area contributed by atoms with E-state index in [0.29, 0.717) is 10.8 Å². The second-order valence-corrected chi connectivity index (χ2v) is 6.55. The van der Waals surface area contributed by atoms with Crippen LogP contribution >= 0.6 is 19.8 Å². The Bertz CT molecular complexity index is 748. The van der Waals surface area contributed by atoms with Gasteiger partial charge < -0.3 is 9.63 Å². The molecule has 2 aromatic carbocycles. The smallest absolute Gasteiger partial charge is 0.395 e. The van der Waals surface area contributed by atoms with Crippen LogP contribution in [0.3, 0.4) is 0 Å². The quantitative estimate of drug-likeness (QED) is 0.603. The van der Waals surface area contributed by atoms with Crippen molar-refractivity contribution in [1.82, 2.24) is 0 Å². The Kier molecular flexibility index (Phi) is 5.94. The van der Waals surface area contributed by atoms with Crippen molar-refractivity contribution in [3.63, 3.8) is 0 Å². The summed E-state index contributed by atoms with van der Waals surface area (Å²) in [4.78, 5) is 23.9. The van der Waals surface area contributed by atoms with Crippen molar-refractivity contribution in [3.05, 3.63) is 41.4 Å². The van der Waals surface area contributed by atoms with Gasteiger partial charge in [0, 0.05) is 5.39 Å². The molecule has 2 atom stereocenters. The minimum atomic E-state index is -2.47. The number of esters is 1. The second-order valence-electron chi connectivity index (χ2n) is 5.25. The molecule has 0 fully saturated rings. The number of rotatable bonds is 5. The molecule has 0 saturated carbocycles. The molecule has 0 saturated heterocycles. The lowest BCUT2D eigenvalue weighted by molar-refractivity contribution is -0.169. The maximum atomic E-state index is 12.2. The van der Waals surface area contributed by atoms with Crippen molar-refractivity contribution >= 4 is 36.5 Å². The predicted molar refractivity (Wildman–Crippen MR) is 89.6 cm³/mol. The zero-order valence-electron chi connectivity index (χ0n) is 13.0. The van der Waals surface area contributed by atoms with Gasteiger partial charge in [-0.25, -0.2) is 4.79 Å². The molecule has 0 aliphatic rings. The Morgan fingerprint density at radius 2 is 1.96 bits per heavy atom. The molecule has 0 bridgehead atoms. The van der Waals surface area contributed by atoms with Crippen LogP contribution in [0.2, 0.25) is 5.02 Å². The number of halogens is 1. The molecule has 0 radical (unpaired) electrons. The Morgan fingerprint density at radius 3 is 2.61 bits per heavy atom. The SMILES string of the molecule is COC(=O)[C@@H](/N=[P+](\[O-])Oc1c(Cl)ccc2ccccc12)C(C)C. The van der Waals surface area contributed by atoms with Crippen LogP contribution < -0.4 is 9.42 Å². The first-order valence-electron chi connectivity index (χ1n) is 7.05. The van der Waals surface area contributed by atoms with E-state index in [-0.39, 0.29) is 5.92 Å². The molecule has 23 heavy (non-hydrogen) atoms. The molecular weight excluding hydrogens is 337 g/mol. The third kappa shape index (κ3) is 4.20. The summed E-state index contributed by atoms with van der Waals surface area (Å²) in [6.07, 6.45) is 0. The third-order valence-corrected chi connectivity index (χ3v) is 4.37. The first-order chi connectivity index (χ1) is 10.9. The van der Waals surface area contributed by atoms with E-state index in [1.165, 1.54) is 7.11 Å². The fourth-order valence-corrected chi connectivity index (χ4v) is 3.31. The number of methoxy groups -OCH3 is 1. The lowest BCUT2D eigenvalue weighted by Gasteiger charge is -2.11. The molecule has 2 rings (SSSR count). The van der Waals surface area contributed by atoms with Crippen molar-refractivity contribution in [2.75, 3.05) is 7.11 Å². The Labute approximate surface area is 140 Å². The van der Waals surface area contributed by atoms with Gasteiger partial charge in [0.1, 0.15) is 0 Å². The van der Waals surface area contributed by atoms with Crippen LogP contribution in [-0.2, 0) is 9.53 Å². The molecule has 122 valence electrons. The van der Waals surface area contributed by atoms with Gasteiger partial charge in [0.15, 0.2) is 6.04 Å². The number of carbonyl (C=O) groups excluding carboxylic acids is 1. The summed E-state index contributed by atoms with van der Waals surface area (Å²) in [5.41, 5.74) is 0. The second kappa shape index (κ2) is 7.73. The number of fused-ring (bicyclic) bond motifs is 1. The summed E-state index contributed by atoms with van der Waals surface area (Å²) in [5.74, 6) is -0.411.